The molecule has 8 heteroatoms. The number of oxime groups is 1. The van der Waals surface area contributed by atoms with Crippen molar-refractivity contribution < 1.29 is 9.60 Å². The van der Waals surface area contributed by atoms with E-state index in [1.165, 1.54) is 29.2 Å². The molecule has 0 aliphatic carbocycles. The SMILES string of the molecule is N/C(=N\O)c1ccc(Sc2nncs2)c(F)c1. The zero-order chi connectivity index (χ0) is 12.3. The fraction of sp³-hybridized carbons (Fsp3) is 0. The molecule has 0 atom stereocenters. The van der Waals surface area contributed by atoms with E-state index < -0.39 is 5.82 Å². The maximum Gasteiger partial charge on any atom is 0.178 e. The van der Waals surface area contributed by atoms with Gasteiger partial charge in [0.2, 0.25) is 0 Å². The molecule has 1 aromatic carbocycles. The van der Waals surface area contributed by atoms with E-state index in [9.17, 15) is 4.39 Å². The maximum atomic E-state index is 13.7. The van der Waals surface area contributed by atoms with Crippen molar-refractivity contribution in [3.8, 4) is 0 Å². The lowest BCUT2D eigenvalue weighted by Gasteiger charge is -2.02. The number of hydrogen-bond donors (Lipinski definition) is 2. The Balaban J connectivity index is 2.26. The molecule has 0 saturated heterocycles. The summed E-state index contributed by atoms with van der Waals surface area (Å²) in [5, 5.41) is 18.7. The lowest BCUT2D eigenvalue weighted by atomic mass is 10.2. The van der Waals surface area contributed by atoms with Gasteiger partial charge in [-0.15, -0.1) is 10.2 Å². The first-order valence-corrected chi connectivity index (χ1v) is 6.12. The molecular weight excluding hydrogens is 263 g/mol. The van der Waals surface area contributed by atoms with Crippen LogP contribution in [0.15, 0.2) is 38.1 Å². The zero-order valence-electron chi connectivity index (χ0n) is 8.37. The lowest BCUT2D eigenvalue weighted by molar-refractivity contribution is 0.318. The second-order valence-corrected chi connectivity index (χ2v) is 5.06. The van der Waals surface area contributed by atoms with Gasteiger partial charge in [0.1, 0.15) is 11.3 Å². The van der Waals surface area contributed by atoms with Crippen LogP contribution in [0.4, 0.5) is 4.39 Å². The van der Waals surface area contributed by atoms with Crippen LogP contribution in [-0.2, 0) is 0 Å². The molecule has 5 nitrogen and oxygen atoms in total. The van der Waals surface area contributed by atoms with Gasteiger partial charge in [0.15, 0.2) is 10.2 Å². The standard InChI is InChI=1S/C9H7FN4OS2/c10-6-3-5(8(11)14-15)1-2-7(6)17-9-13-12-4-16-9/h1-4,15H,(H2,11,14). The van der Waals surface area contributed by atoms with Crippen molar-refractivity contribution >= 4 is 28.9 Å². The summed E-state index contributed by atoms with van der Waals surface area (Å²) in [6.07, 6.45) is 0. The summed E-state index contributed by atoms with van der Waals surface area (Å²) in [5.41, 5.74) is 7.26. The van der Waals surface area contributed by atoms with Crippen LogP contribution < -0.4 is 5.73 Å². The zero-order valence-corrected chi connectivity index (χ0v) is 10.0. The number of nitrogens with two attached hydrogens (primary N) is 1. The lowest BCUT2D eigenvalue weighted by Crippen LogP contribution is -2.13. The first-order chi connectivity index (χ1) is 8.20. The summed E-state index contributed by atoms with van der Waals surface area (Å²) in [7, 11) is 0. The van der Waals surface area contributed by atoms with E-state index in [1.54, 1.807) is 17.6 Å². The van der Waals surface area contributed by atoms with E-state index in [2.05, 4.69) is 15.4 Å². The van der Waals surface area contributed by atoms with Crippen LogP contribution in [0, 0.1) is 5.82 Å². The predicted molar refractivity (Wildman–Crippen MR) is 62.9 cm³/mol. The van der Waals surface area contributed by atoms with Crippen molar-refractivity contribution in [1.29, 1.82) is 0 Å². The molecule has 3 N–H and O–H groups in total. The molecule has 0 fully saturated rings. The number of rotatable bonds is 3. The third-order valence-electron chi connectivity index (χ3n) is 1.87. The van der Waals surface area contributed by atoms with Gasteiger partial charge >= 0.3 is 0 Å². The Morgan fingerprint density at radius 3 is 2.94 bits per heavy atom. The van der Waals surface area contributed by atoms with Gasteiger partial charge < -0.3 is 10.9 Å². The van der Waals surface area contributed by atoms with Crippen LogP contribution >= 0.6 is 23.1 Å². The predicted octanol–water partition coefficient (Wildman–Crippen LogP) is 1.92. The Hall–Kier alpha value is -1.67. The molecule has 0 saturated carbocycles. The van der Waals surface area contributed by atoms with E-state index in [0.717, 1.165) is 0 Å². The number of hydrogen-bond acceptors (Lipinski definition) is 6. The molecule has 0 amide bonds. The Bertz CT molecular complexity index is 544. The second kappa shape index (κ2) is 5.11. The first-order valence-electron chi connectivity index (χ1n) is 4.42. The number of nitrogens with zero attached hydrogens (tertiary/aromatic N) is 3. The average molecular weight is 270 g/mol. The minimum atomic E-state index is -0.450. The van der Waals surface area contributed by atoms with Crippen LogP contribution in [0.1, 0.15) is 5.56 Å². The minimum absolute atomic E-state index is 0.128. The second-order valence-electron chi connectivity index (χ2n) is 2.94. The molecule has 0 aliphatic rings. The summed E-state index contributed by atoms with van der Waals surface area (Å²) < 4.78 is 14.3. The Labute approximate surface area is 104 Å². The van der Waals surface area contributed by atoms with Gasteiger partial charge in [0.05, 0.1) is 4.90 Å². The summed E-state index contributed by atoms with van der Waals surface area (Å²) >= 11 is 2.50. The Morgan fingerprint density at radius 1 is 1.53 bits per heavy atom. The molecule has 1 aromatic heterocycles. The summed E-state index contributed by atoms with van der Waals surface area (Å²) in [6, 6.07) is 4.33. The highest BCUT2D eigenvalue weighted by molar-refractivity contribution is 8.01. The molecule has 0 spiro atoms. The smallest absolute Gasteiger partial charge is 0.178 e. The van der Waals surface area contributed by atoms with Gasteiger partial charge in [0, 0.05) is 5.56 Å². The van der Waals surface area contributed by atoms with Gasteiger partial charge in [-0.3, -0.25) is 0 Å². The summed E-state index contributed by atoms with van der Waals surface area (Å²) in [5.74, 6) is -0.578. The van der Waals surface area contributed by atoms with Crippen LogP contribution in [-0.4, -0.2) is 21.2 Å². The topological polar surface area (TPSA) is 84.4 Å². The maximum absolute atomic E-state index is 13.7. The Kier molecular flexibility index (Phi) is 3.55. The van der Waals surface area contributed by atoms with Gasteiger partial charge in [-0.1, -0.05) is 28.3 Å². The molecule has 0 bridgehead atoms. The quantitative estimate of drug-likeness (QED) is 0.385. The van der Waals surface area contributed by atoms with Crippen molar-refractivity contribution in [2.45, 2.75) is 9.24 Å². The Morgan fingerprint density at radius 2 is 2.35 bits per heavy atom. The first kappa shape index (κ1) is 11.8. The molecule has 0 aliphatic heterocycles. The molecular formula is C9H7FN4OS2. The molecule has 88 valence electrons. The highest BCUT2D eigenvalue weighted by Crippen LogP contribution is 2.30. The number of amidine groups is 1. The molecule has 0 radical (unpaired) electrons. The van der Waals surface area contributed by atoms with E-state index in [0.29, 0.717) is 14.8 Å². The van der Waals surface area contributed by atoms with Gasteiger partial charge in [-0.2, -0.15) is 0 Å². The highest BCUT2D eigenvalue weighted by atomic mass is 32.2. The molecule has 17 heavy (non-hydrogen) atoms. The average Bonchev–Trinajstić information content (AvgIpc) is 2.83. The van der Waals surface area contributed by atoms with E-state index in [-0.39, 0.29) is 5.84 Å². The molecule has 2 rings (SSSR count). The van der Waals surface area contributed by atoms with Crippen molar-refractivity contribution in [2.24, 2.45) is 10.9 Å². The third kappa shape index (κ3) is 2.71. The van der Waals surface area contributed by atoms with Crippen LogP contribution in [0.3, 0.4) is 0 Å². The third-order valence-corrected chi connectivity index (χ3v) is 3.70. The largest absolute Gasteiger partial charge is 0.409 e. The van der Waals surface area contributed by atoms with Crippen LogP contribution in [0.25, 0.3) is 0 Å². The molecule has 1 heterocycles. The summed E-state index contributed by atoms with van der Waals surface area (Å²) in [6.45, 7) is 0. The van der Waals surface area contributed by atoms with Crippen molar-refractivity contribution in [2.75, 3.05) is 0 Å². The molecule has 2 aromatic rings. The fourth-order valence-electron chi connectivity index (χ4n) is 1.10. The van der Waals surface area contributed by atoms with Gasteiger partial charge in [-0.25, -0.2) is 4.39 Å². The summed E-state index contributed by atoms with van der Waals surface area (Å²) in [4.78, 5) is 0.413. The fourth-order valence-corrected chi connectivity index (χ4v) is 2.54. The van der Waals surface area contributed by atoms with Gasteiger partial charge in [-0.05, 0) is 18.2 Å². The minimum Gasteiger partial charge on any atom is -0.409 e. The van der Waals surface area contributed by atoms with E-state index in [1.807, 2.05) is 0 Å². The van der Waals surface area contributed by atoms with E-state index in [4.69, 9.17) is 10.9 Å². The highest BCUT2D eigenvalue weighted by Gasteiger charge is 2.09. The number of benzene rings is 1. The van der Waals surface area contributed by atoms with Crippen molar-refractivity contribution in [3.05, 3.63) is 35.1 Å². The van der Waals surface area contributed by atoms with Crippen LogP contribution in [0.5, 0.6) is 0 Å². The molecule has 0 unspecified atom stereocenters. The van der Waals surface area contributed by atoms with E-state index >= 15 is 0 Å². The van der Waals surface area contributed by atoms with Crippen LogP contribution in [0.2, 0.25) is 0 Å². The number of aromatic nitrogens is 2. The van der Waals surface area contributed by atoms with Gasteiger partial charge in [0.25, 0.3) is 0 Å². The normalized spacial score (nSPS) is 11.7. The number of halogens is 1. The van der Waals surface area contributed by atoms with Crippen molar-refractivity contribution in [3.63, 3.8) is 0 Å². The van der Waals surface area contributed by atoms with Crippen molar-refractivity contribution in [1.82, 2.24) is 10.2 Å². The monoisotopic (exact) mass is 270 g/mol.